The number of nitrogens with one attached hydrogen (secondary N) is 1. The van der Waals surface area contributed by atoms with Crippen molar-refractivity contribution in [1.29, 1.82) is 0 Å². The van der Waals surface area contributed by atoms with Gasteiger partial charge in [0, 0.05) is 11.0 Å². The molecule has 0 saturated heterocycles. The fourth-order valence-corrected chi connectivity index (χ4v) is 2.27. The van der Waals surface area contributed by atoms with Crippen LogP contribution in [0.1, 0.15) is 54.0 Å². The molecule has 0 saturated carbocycles. The van der Waals surface area contributed by atoms with Crippen molar-refractivity contribution in [1.82, 2.24) is 5.32 Å². The highest BCUT2D eigenvalue weighted by Gasteiger charge is 2.31. The normalized spacial score (nSPS) is 14.8. The van der Waals surface area contributed by atoms with Crippen molar-refractivity contribution in [3.8, 4) is 0 Å². The number of aryl methyl sites for hydroxylation is 1. The quantitative estimate of drug-likeness (QED) is 0.903. The number of carbonyl (C=O) groups excluding carboxylic acids is 1. The zero-order valence-corrected chi connectivity index (χ0v) is 13.9. The van der Waals surface area contributed by atoms with E-state index < -0.39 is 0 Å². The van der Waals surface area contributed by atoms with E-state index >= 15 is 0 Å². The zero-order chi connectivity index (χ0) is 16.4. The van der Waals surface area contributed by atoms with Crippen LogP contribution in [0.5, 0.6) is 0 Å². The molecule has 1 atom stereocenters. The van der Waals surface area contributed by atoms with Gasteiger partial charge in [-0.1, -0.05) is 50.6 Å². The average molecular weight is 276 g/mol. The third-order valence-corrected chi connectivity index (χ3v) is 3.11. The molecular formula is C18H29NO. The summed E-state index contributed by atoms with van der Waals surface area (Å²) in [6, 6.07) is 6.10. The van der Waals surface area contributed by atoms with Gasteiger partial charge in [-0.05, 0) is 39.7 Å². The largest absolute Gasteiger partial charge is 0.302 e. The minimum Gasteiger partial charge on any atom is -0.302 e. The lowest BCUT2D eigenvalue weighted by Crippen LogP contribution is -2.51. The fraction of sp³-hybridized carbons (Fsp3) is 0.611. The molecule has 0 heterocycles. The minimum atomic E-state index is -0.368. The number of hydrogen-bond acceptors (Lipinski definition) is 2. The Balaban J connectivity index is 3.01. The van der Waals surface area contributed by atoms with Gasteiger partial charge in [0.2, 0.25) is 0 Å². The third-order valence-electron chi connectivity index (χ3n) is 3.11. The summed E-state index contributed by atoms with van der Waals surface area (Å²) in [7, 11) is 0. The highest BCUT2D eigenvalue weighted by molar-refractivity contribution is 5.89. The summed E-state index contributed by atoms with van der Waals surface area (Å²) in [6.45, 7) is 14.1. The van der Waals surface area contributed by atoms with E-state index in [-0.39, 0.29) is 22.8 Å². The first kappa shape index (κ1) is 15.2. The Kier molecular flexibility index (Phi) is 4.64. The van der Waals surface area contributed by atoms with Crippen LogP contribution in [-0.4, -0.2) is 17.4 Å². The number of Topliss-reactive ketones (excluding diaryl/α,β-unsaturated/α-hetero) is 1. The maximum atomic E-state index is 12.7. The van der Waals surface area contributed by atoms with Gasteiger partial charge in [0.25, 0.3) is 0 Å². The van der Waals surface area contributed by atoms with E-state index in [1.54, 1.807) is 6.07 Å². The summed E-state index contributed by atoms with van der Waals surface area (Å²) in [5.74, 6) is 0.227. The van der Waals surface area contributed by atoms with Crippen molar-refractivity contribution >= 4 is 5.78 Å². The first-order valence-electron chi connectivity index (χ1n) is 7.78. The van der Waals surface area contributed by atoms with Crippen molar-refractivity contribution in [2.45, 2.75) is 66.5 Å². The Morgan fingerprint density at radius 1 is 1.30 bits per heavy atom. The Morgan fingerprint density at radius 2 is 1.90 bits per heavy atom. The molecule has 0 aromatic heterocycles. The summed E-state index contributed by atoms with van der Waals surface area (Å²) >= 11 is 0. The van der Waals surface area contributed by atoms with Gasteiger partial charge in [-0.25, -0.2) is 0 Å². The second kappa shape index (κ2) is 6.09. The predicted octanol–water partition coefficient (Wildman–Crippen LogP) is 3.91. The summed E-state index contributed by atoms with van der Waals surface area (Å²) in [5, 5.41) is 3.45. The molecule has 1 aromatic rings. The molecule has 0 aliphatic carbocycles. The van der Waals surface area contributed by atoms with Crippen LogP contribution in [0.4, 0.5) is 0 Å². The Hall–Kier alpha value is -1.15. The highest BCUT2D eigenvalue weighted by Crippen LogP contribution is 2.21. The van der Waals surface area contributed by atoms with Crippen LogP contribution in [0.25, 0.3) is 0 Å². The van der Waals surface area contributed by atoms with E-state index in [4.69, 9.17) is 1.37 Å². The van der Waals surface area contributed by atoms with Crippen molar-refractivity contribution in [3.05, 3.63) is 35.4 Å². The molecule has 0 radical (unpaired) electrons. The van der Waals surface area contributed by atoms with Crippen LogP contribution in [0.15, 0.2) is 24.2 Å². The molecule has 0 amide bonds. The topological polar surface area (TPSA) is 29.1 Å². The standard InChI is InChI=1S/C18H29NO/c1-13-9-8-10-14(11-13)12-15(19-18(5,6)7)16(20)17(2,3)4/h8-11,15,19H,12H2,1-7H3/i9D. The van der Waals surface area contributed by atoms with Gasteiger partial charge in [-0.2, -0.15) is 0 Å². The lowest BCUT2D eigenvalue weighted by atomic mass is 9.83. The fourth-order valence-electron chi connectivity index (χ4n) is 2.27. The monoisotopic (exact) mass is 276 g/mol. The van der Waals surface area contributed by atoms with Crippen LogP contribution >= 0.6 is 0 Å². The van der Waals surface area contributed by atoms with Crippen molar-refractivity contribution < 1.29 is 6.17 Å². The molecule has 0 aliphatic rings. The van der Waals surface area contributed by atoms with Gasteiger partial charge in [0.05, 0.1) is 7.41 Å². The molecule has 2 nitrogen and oxygen atoms in total. The summed E-state index contributed by atoms with van der Waals surface area (Å²) in [5.41, 5.74) is 1.57. The summed E-state index contributed by atoms with van der Waals surface area (Å²) in [6.07, 6.45) is 0.661. The summed E-state index contributed by atoms with van der Waals surface area (Å²) in [4.78, 5) is 12.7. The second-order valence-corrected chi connectivity index (χ2v) is 7.65. The van der Waals surface area contributed by atoms with Crippen LogP contribution < -0.4 is 5.32 Å². The zero-order valence-electron chi connectivity index (χ0n) is 14.9. The molecule has 0 spiro atoms. The van der Waals surface area contributed by atoms with Crippen LogP contribution in [0.2, 0.25) is 0 Å². The van der Waals surface area contributed by atoms with Crippen molar-refractivity contribution in [2.24, 2.45) is 5.41 Å². The van der Waals surface area contributed by atoms with Gasteiger partial charge in [-0.3, -0.25) is 4.79 Å². The SMILES string of the molecule is [2H]c1ccc(CC(NC(C)(C)C)C(=O)C(C)(C)C)cc1C. The molecule has 1 unspecified atom stereocenters. The lowest BCUT2D eigenvalue weighted by Gasteiger charge is -2.32. The number of benzene rings is 1. The molecule has 2 heteroatoms. The number of carbonyl (C=O) groups is 1. The van der Waals surface area contributed by atoms with Crippen LogP contribution in [-0.2, 0) is 11.2 Å². The molecule has 112 valence electrons. The van der Waals surface area contributed by atoms with Crippen molar-refractivity contribution in [2.75, 3.05) is 0 Å². The van der Waals surface area contributed by atoms with Gasteiger partial charge < -0.3 is 5.32 Å². The van der Waals surface area contributed by atoms with Crippen LogP contribution in [0, 0.1) is 12.3 Å². The minimum absolute atomic E-state index is 0.115. The predicted molar refractivity (Wildman–Crippen MR) is 86.0 cm³/mol. The molecule has 0 aliphatic heterocycles. The van der Waals surface area contributed by atoms with Crippen LogP contribution in [0.3, 0.4) is 0 Å². The van der Waals surface area contributed by atoms with E-state index in [1.165, 1.54) is 0 Å². The van der Waals surface area contributed by atoms with Gasteiger partial charge >= 0.3 is 0 Å². The van der Waals surface area contributed by atoms with E-state index in [0.717, 1.165) is 11.1 Å². The van der Waals surface area contributed by atoms with E-state index in [0.29, 0.717) is 12.5 Å². The Labute approximate surface area is 125 Å². The van der Waals surface area contributed by atoms with E-state index in [1.807, 2.05) is 39.8 Å². The third kappa shape index (κ3) is 5.46. The first-order valence-corrected chi connectivity index (χ1v) is 7.28. The van der Waals surface area contributed by atoms with Gasteiger partial charge in [-0.15, -0.1) is 0 Å². The van der Waals surface area contributed by atoms with Gasteiger partial charge in [0.1, 0.15) is 0 Å². The Bertz CT molecular complexity index is 509. The second-order valence-electron chi connectivity index (χ2n) is 7.65. The smallest absolute Gasteiger partial charge is 0.155 e. The summed E-state index contributed by atoms with van der Waals surface area (Å²) < 4.78 is 7.74. The molecule has 1 aromatic carbocycles. The van der Waals surface area contributed by atoms with E-state index in [2.05, 4.69) is 26.1 Å². The maximum Gasteiger partial charge on any atom is 0.155 e. The maximum absolute atomic E-state index is 12.7. The highest BCUT2D eigenvalue weighted by atomic mass is 16.1. The first-order chi connectivity index (χ1) is 9.40. The number of rotatable bonds is 4. The van der Waals surface area contributed by atoms with Crippen molar-refractivity contribution in [3.63, 3.8) is 0 Å². The lowest BCUT2D eigenvalue weighted by molar-refractivity contribution is -0.128. The Morgan fingerprint density at radius 3 is 2.35 bits per heavy atom. The molecule has 1 rings (SSSR count). The molecule has 20 heavy (non-hydrogen) atoms. The van der Waals surface area contributed by atoms with Gasteiger partial charge in [0.15, 0.2) is 5.78 Å². The number of ketones is 1. The molecule has 0 fully saturated rings. The molecular weight excluding hydrogens is 246 g/mol. The van der Waals surface area contributed by atoms with E-state index in [9.17, 15) is 4.79 Å². The number of hydrogen-bond donors (Lipinski definition) is 1. The molecule has 0 bridgehead atoms. The average Bonchev–Trinajstić information content (AvgIpc) is 2.29. The molecule has 1 N–H and O–H groups in total.